The maximum absolute atomic E-state index is 13.5. The predicted octanol–water partition coefficient (Wildman–Crippen LogP) is 0.119. The molecule has 1 atom stereocenters. The molecule has 0 saturated heterocycles. The average molecular weight is 310 g/mol. The molecule has 6 nitrogen and oxygen atoms in total. The summed E-state index contributed by atoms with van der Waals surface area (Å²) in [4.78, 5) is -0.568. The highest BCUT2D eigenvalue weighted by molar-refractivity contribution is 7.91. The van der Waals surface area contributed by atoms with Gasteiger partial charge in [-0.25, -0.2) is 25.9 Å². The van der Waals surface area contributed by atoms with Crippen molar-refractivity contribution in [1.82, 2.24) is 4.72 Å². The van der Waals surface area contributed by atoms with E-state index in [9.17, 15) is 21.2 Å². The van der Waals surface area contributed by atoms with E-state index >= 15 is 0 Å². The number of sulfone groups is 1. The van der Waals surface area contributed by atoms with Gasteiger partial charge in [0.15, 0.2) is 0 Å². The van der Waals surface area contributed by atoms with Crippen LogP contribution in [0.2, 0.25) is 0 Å². The quantitative estimate of drug-likeness (QED) is 0.751. The van der Waals surface area contributed by atoms with Crippen LogP contribution >= 0.6 is 0 Å². The highest BCUT2D eigenvalue weighted by Crippen LogP contribution is 2.17. The molecule has 19 heavy (non-hydrogen) atoms. The lowest BCUT2D eigenvalue weighted by Crippen LogP contribution is -2.37. The number of hydrogen-bond acceptors (Lipinski definition) is 5. The summed E-state index contributed by atoms with van der Waals surface area (Å²) >= 11 is 0. The highest BCUT2D eigenvalue weighted by Gasteiger charge is 2.23. The molecule has 9 heteroatoms. The van der Waals surface area contributed by atoms with E-state index in [-0.39, 0.29) is 11.4 Å². The molecule has 0 amide bonds. The minimum atomic E-state index is -4.12. The van der Waals surface area contributed by atoms with Crippen LogP contribution in [0.5, 0.6) is 0 Å². The largest absolute Gasteiger partial charge is 0.399 e. The van der Waals surface area contributed by atoms with Crippen molar-refractivity contribution in [2.45, 2.75) is 17.9 Å². The van der Waals surface area contributed by atoms with Gasteiger partial charge in [-0.2, -0.15) is 0 Å². The van der Waals surface area contributed by atoms with Crippen LogP contribution in [0.1, 0.15) is 6.92 Å². The first-order valence-corrected chi connectivity index (χ1v) is 8.81. The standard InChI is InChI=1S/C10H15FN2O4S2/c1-7(6-18(2,14)15)13-19(16,17)10-4-3-8(12)5-9(10)11/h3-5,7,13H,6,12H2,1-2H3. The molecule has 0 saturated carbocycles. The fraction of sp³-hybridized carbons (Fsp3) is 0.400. The Morgan fingerprint density at radius 1 is 1.32 bits per heavy atom. The smallest absolute Gasteiger partial charge is 0.243 e. The van der Waals surface area contributed by atoms with Crippen molar-refractivity contribution < 1.29 is 21.2 Å². The van der Waals surface area contributed by atoms with Crippen LogP contribution in [0, 0.1) is 5.82 Å². The Bertz CT molecular complexity index is 671. The van der Waals surface area contributed by atoms with Gasteiger partial charge in [-0.1, -0.05) is 0 Å². The molecule has 0 spiro atoms. The van der Waals surface area contributed by atoms with Gasteiger partial charge in [-0.05, 0) is 25.1 Å². The second-order valence-electron chi connectivity index (χ2n) is 4.30. The van der Waals surface area contributed by atoms with Crippen LogP contribution in [0.25, 0.3) is 0 Å². The molecule has 0 aliphatic carbocycles. The van der Waals surface area contributed by atoms with Gasteiger partial charge >= 0.3 is 0 Å². The second kappa shape index (κ2) is 5.43. The second-order valence-corrected chi connectivity index (χ2v) is 8.17. The van der Waals surface area contributed by atoms with Gasteiger partial charge in [0.05, 0.1) is 5.75 Å². The van der Waals surface area contributed by atoms with Gasteiger partial charge in [0.25, 0.3) is 0 Å². The average Bonchev–Trinajstić information content (AvgIpc) is 2.11. The van der Waals surface area contributed by atoms with Crippen LogP contribution in [0.15, 0.2) is 23.1 Å². The normalized spacial score (nSPS) is 14.3. The Morgan fingerprint density at radius 2 is 1.89 bits per heavy atom. The molecule has 1 aromatic rings. The van der Waals surface area contributed by atoms with Crippen molar-refractivity contribution >= 4 is 25.5 Å². The van der Waals surface area contributed by atoms with Gasteiger partial charge in [0.2, 0.25) is 10.0 Å². The lowest BCUT2D eigenvalue weighted by Gasteiger charge is -2.13. The first kappa shape index (κ1) is 15.9. The Balaban J connectivity index is 2.99. The third-order valence-corrected chi connectivity index (χ3v) is 4.88. The monoisotopic (exact) mass is 310 g/mol. The zero-order valence-electron chi connectivity index (χ0n) is 10.4. The van der Waals surface area contributed by atoms with Crippen molar-refractivity contribution in [3.63, 3.8) is 0 Å². The van der Waals surface area contributed by atoms with E-state index in [0.717, 1.165) is 18.4 Å². The molecule has 1 unspecified atom stereocenters. The Labute approximate surface area is 111 Å². The van der Waals surface area contributed by atoms with Crippen molar-refractivity contribution in [1.29, 1.82) is 0 Å². The number of hydrogen-bond donors (Lipinski definition) is 2. The topological polar surface area (TPSA) is 106 Å². The van der Waals surface area contributed by atoms with E-state index in [1.54, 1.807) is 0 Å². The molecular formula is C10H15FN2O4S2. The number of benzene rings is 1. The van der Waals surface area contributed by atoms with Crippen molar-refractivity contribution in [3.8, 4) is 0 Å². The van der Waals surface area contributed by atoms with E-state index in [2.05, 4.69) is 4.72 Å². The number of anilines is 1. The molecule has 0 radical (unpaired) electrons. The molecular weight excluding hydrogens is 295 g/mol. The fourth-order valence-electron chi connectivity index (χ4n) is 1.55. The summed E-state index contributed by atoms with van der Waals surface area (Å²) in [5.41, 5.74) is 5.42. The van der Waals surface area contributed by atoms with Crippen LogP contribution in [-0.2, 0) is 19.9 Å². The number of sulfonamides is 1. The molecule has 3 N–H and O–H groups in total. The van der Waals surface area contributed by atoms with Crippen LogP contribution in [-0.4, -0.2) is 34.9 Å². The highest BCUT2D eigenvalue weighted by atomic mass is 32.2. The molecule has 0 aromatic heterocycles. The van der Waals surface area contributed by atoms with E-state index in [0.29, 0.717) is 0 Å². The molecule has 0 aliphatic rings. The number of halogens is 1. The maximum atomic E-state index is 13.5. The SMILES string of the molecule is CC(CS(C)(=O)=O)NS(=O)(=O)c1ccc(N)cc1F. The first-order valence-electron chi connectivity index (χ1n) is 5.26. The van der Waals surface area contributed by atoms with E-state index < -0.39 is 36.6 Å². The summed E-state index contributed by atoms with van der Waals surface area (Å²) in [7, 11) is -7.46. The third-order valence-electron chi connectivity index (χ3n) is 2.15. The Hall–Kier alpha value is -1.19. The molecule has 0 fully saturated rings. The number of nitrogens with two attached hydrogens (primary N) is 1. The zero-order valence-corrected chi connectivity index (χ0v) is 12.1. The summed E-state index contributed by atoms with van der Waals surface area (Å²) in [6, 6.07) is 2.30. The van der Waals surface area contributed by atoms with Gasteiger partial charge in [-0.3, -0.25) is 0 Å². The third kappa shape index (κ3) is 4.77. The fourth-order valence-corrected chi connectivity index (χ4v) is 3.95. The van der Waals surface area contributed by atoms with Crippen molar-refractivity contribution in [2.75, 3.05) is 17.7 Å². The Kier molecular flexibility index (Phi) is 4.54. The zero-order chi connectivity index (χ0) is 14.8. The van der Waals surface area contributed by atoms with Crippen LogP contribution in [0.3, 0.4) is 0 Å². The lowest BCUT2D eigenvalue weighted by atomic mass is 10.3. The lowest BCUT2D eigenvalue weighted by molar-refractivity contribution is 0.547. The summed E-state index contributed by atoms with van der Waals surface area (Å²) in [6.45, 7) is 1.38. The van der Waals surface area contributed by atoms with E-state index in [1.807, 2.05) is 0 Å². The number of nitrogens with one attached hydrogen (secondary N) is 1. The first-order chi connectivity index (χ1) is 8.51. The molecule has 0 bridgehead atoms. The van der Waals surface area contributed by atoms with Gasteiger partial charge in [-0.15, -0.1) is 0 Å². The molecule has 108 valence electrons. The van der Waals surface area contributed by atoms with Crippen LogP contribution < -0.4 is 10.5 Å². The molecule has 0 aliphatic heterocycles. The minimum absolute atomic E-state index is 0.0978. The number of rotatable bonds is 5. The summed E-state index contributed by atoms with van der Waals surface area (Å²) in [5.74, 6) is -1.36. The van der Waals surface area contributed by atoms with Crippen molar-refractivity contribution in [2.24, 2.45) is 0 Å². The van der Waals surface area contributed by atoms with E-state index in [1.165, 1.54) is 13.0 Å². The summed E-state index contributed by atoms with van der Waals surface area (Å²) in [6.07, 6.45) is 0.988. The van der Waals surface area contributed by atoms with E-state index in [4.69, 9.17) is 5.73 Å². The minimum Gasteiger partial charge on any atom is -0.399 e. The Morgan fingerprint density at radius 3 is 2.37 bits per heavy atom. The maximum Gasteiger partial charge on any atom is 0.243 e. The molecule has 0 heterocycles. The predicted molar refractivity (Wildman–Crippen MR) is 70.3 cm³/mol. The summed E-state index contributed by atoms with van der Waals surface area (Å²) < 4.78 is 61.5. The number of nitrogen functional groups attached to an aromatic ring is 1. The van der Waals surface area contributed by atoms with Crippen LogP contribution in [0.4, 0.5) is 10.1 Å². The van der Waals surface area contributed by atoms with Gasteiger partial charge < -0.3 is 5.73 Å². The van der Waals surface area contributed by atoms with Crippen molar-refractivity contribution in [3.05, 3.63) is 24.0 Å². The molecule has 1 rings (SSSR count). The molecule has 1 aromatic carbocycles. The summed E-state index contributed by atoms with van der Waals surface area (Å²) in [5, 5.41) is 0. The van der Waals surface area contributed by atoms with Gasteiger partial charge in [0.1, 0.15) is 20.5 Å². The van der Waals surface area contributed by atoms with Gasteiger partial charge in [0, 0.05) is 18.0 Å².